The summed E-state index contributed by atoms with van der Waals surface area (Å²) in [6, 6.07) is 7.20. The molecule has 0 spiro atoms. The Balaban J connectivity index is 2.07. The van der Waals surface area contributed by atoms with Crippen molar-refractivity contribution in [2.75, 3.05) is 11.8 Å². The SMILES string of the molecule is CNS(=O)(=O)c1ccccc1NS(=O)(=O)c1cnc2c(c1)c(C)nn2C. The van der Waals surface area contributed by atoms with Gasteiger partial charge in [-0.25, -0.2) is 26.5 Å². The number of nitrogens with one attached hydrogen (secondary N) is 2. The molecule has 2 heterocycles. The van der Waals surface area contributed by atoms with Gasteiger partial charge in [-0.3, -0.25) is 9.40 Å². The van der Waals surface area contributed by atoms with Gasteiger partial charge < -0.3 is 0 Å². The average Bonchev–Trinajstić information content (AvgIpc) is 2.89. The van der Waals surface area contributed by atoms with Crippen LogP contribution in [-0.4, -0.2) is 38.6 Å². The first-order valence-electron chi connectivity index (χ1n) is 7.50. The van der Waals surface area contributed by atoms with E-state index in [1.165, 1.54) is 37.5 Å². The zero-order valence-electron chi connectivity index (χ0n) is 14.3. The lowest BCUT2D eigenvalue weighted by Crippen LogP contribution is -2.22. The van der Waals surface area contributed by atoms with Crippen LogP contribution in [0.1, 0.15) is 5.69 Å². The molecule has 0 fully saturated rings. The van der Waals surface area contributed by atoms with Crippen molar-refractivity contribution < 1.29 is 16.8 Å². The third-order valence-electron chi connectivity index (χ3n) is 3.84. The summed E-state index contributed by atoms with van der Waals surface area (Å²) in [7, 11) is -4.90. The highest BCUT2D eigenvalue weighted by atomic mass is 32.2. The Morgan fingerprint density at radius 1 is 1.08 bits per heavy atom. The minimum absolute atomic E-state index is 0.0511. The molecule has 2 N–H and O–H groups in total. The number of para-hydroxylation sites is 1. The van der Waals surface area contributed by atoms with E-state index >= 15 is 0 Å². The van der Waals surface area contributed by atoms with E-state index in [1.54, 1.807) is 24.7 Å². The summed E-state index contributed by atoms with van der Waals surface area (Å²) in [5.74, 6) is 0. The Bertz CT molecular complexity index is 1200. The van der Waals surface area contributed by atoms with Crippen LogP contribution < -0.4 is 9.44 Å². The van der Waals surface area contributed by atoms with Gasteiger partial charge in [0.1, 0.15) is 9.79 Å². The van der Waals surface area contributed by atoms with E-state index in [0.29, 0.717) is 16.7 Å². The van der Waals surface area contributed by atoms with Gasteiger partial charge in [-0.15, -0.1) is 0 Å². The monoisotopic (exact) mass is 395 g/mol. The van der Waals surface area contributed by atoms with E-state index in [2.05, 4.69) is 19.5 Å². The summed E-state index contributed by atoms with van der Waals surface area (Å²) in [6.45, 7) is 1.75. The number of nitrogens with zero attached hydrogens (tertiary/aromatic N) is 3. The van der Waals surface area contributed by atoms with Crippen molar-refractivity contribution in [3.05, 3.63) is 42.2 Å². The lowest BCUT2D eigenvalue weighted by molar-refractivity contribution is 0.588. The first-order valence-corrected chi connectivity index (χ1v) is 10.5. The minimum atomic E-state index is -4.05. The Hall–Kier alpha value is -2.50. The predicted octanol–water partition coefficient (Wildman–Crippen LogP) is 0.986. The molecule has 0 aliphatic carbocycles. The number of fused-ring (bicyclic) bond motifs is 1. The lowest BCUT2D eigenvalue weighted by atomic mass is 10.3. The van der Waals surface area contributed by atoms with E-state index in [4.69, 9.17) is 0 Å². The fourth-order valence-corrected chi connectivity index (χ4v) is 4.54. The Kier molecular flexibility index (Phi) is 4.46. The topological polar surface area (TPSA) is 123 Å². The van der Waals surface area contributed by atoms with Crippen molar-refractivity contribution in [3.8, 4) is 0 Å². The maximum Gasteiger partial charge on any atom is 0.263 e. The van der Waals surface area contributed by atoms with Crippen LogP contribution in [0.2, 0.25) is 0 Å². The summed E-state index contributed by atoms with van der Waals surface area (Å²) < 4.78 is 55.7. The van der Waals surface area contributed by atoms with Crippen LogP contribution in [0.3, 0.4) is 0 Å². The predicted molar refractivity (Wildman–Crippen MR) is 96.7 cm³/mol. The van der Waals surface area contributed by atoms with Crippen LogP contribution in [0.5, 0.6) is 0 Å². The third kappa shape index (κ3) is 3.16. The van der Waals surface area contributed by atoms with Crippen molar-refractivity contribution in [1.29, 1.82) is 0 Å². The molecular weight excluding hydrogens is 378 g/mol. The number of rotatable bonds is 5. The van der Waals surface area contributed by atoms with Gasteiger partial charge in [0, 0.05) is 18.6 Å². The molecule has 0 aliphatic heterocycles. The van der Waals surface area contributed by atoms with Crippen molar-refractivity contribution in [1.82, 2.24) is 19.5 Å². The molecule has 26 heavy (non-hydrogen) atoms. The van der Waals surface area contributed by atoms with Crippen LogP contribution in [0.15, 0.2) is 46.3 Å². The molecule has 138 valence electrons. The molecule has 1 aromatic carbocycles. The maximum absolute atomic E-state index is 12.7. The summed E-state index contributed by atoms with van der Waals surface area (Å²) in [6.07, 6.45) is 1.21. The summed E-state index contributed by atoms with van der Waals surface area (Å²) >= 11 is 0. The number of sulfonamides is 2. The van der Waals surface area contributed by atoms with E-state index in [-0.39, 0.29) is 15.5 Å². The molecule has 3 rings (SSSR count). The normalized spacial score (nSPS) is 12.4. The zero-order chi connectivity index (χ0) is 19.1. The Labute approximate surface area is 151 Å². The number of benzene rings is 1. The molecule has 0 atom stereocenters. The largest absolute Gasteiger partial charge is 0.278 e. The fourth-order valence-electron chi connectivity index (χ4n) is 2.53. The maximum atomic E-state index is 12.7. The van der Waals surface area contributed by atoms with E-state index in [9.17, 15) is 16.8 Å². The van der Waals surface area contributed by atoms with Crippen LogP contribution in [-0.2, 0) is 27.1 Å². The van der Waals surface area contributed by atoms with Gasteiger partial charge in [0.05, 0.1) is 11.4 Å². The van der Waals surface area contributed by atoms with Crippen LogP contribution in [0, 0.1) is 6.92 Å². The number of anilines is 1. The van der Waals surface area contributed by atoms with Crippen LogP contribution in [0.4, 0.5) is 5.69 Å². The highest BCUT2D eigenvalue weighted by Crippen LogP contribution is 2.25. The molecule has 0 radical (unpaired) electrons. The van der Waals surface area contributed by atoms with Crippen LogP contribution in [0.25, 0.3) is 11.0 Å². The quantitative estimate of drug-likeness (QED) is 0.664. The molecule has 11 heteroatoms. The number of aryl methyl sites for hydroxylation is 2. The summed E-state index contributed by atoms with van der Waals surface area (Å²) in [5.41, 5.74) is 1.15. The second-order valence-corrected chi connectivity index (χ2v) is 9.10. The number of aromatic nitrogens is 3. The second kappa shape index (κ2) is 6.34. The molecule has 0 saturated carbocycles. The van der Waals surface area contributed by atoms with Gasteiger partial charge in [-0.05, 0) is 32.2 Å². The van der Waals surface area contributed by atoms with E-state index in [1.807, 2.05) is 0 Å². The molecule has 0 unspecified atom stereocenters. The summed E-state index contributed by atoms with van der Waals surface area (Å²) in [4.78, 5) is 3.89. The van der Waals surface area contributed by atoms with Gasteiger partial charge >= 0.3 is 0 Å². The molecule has 0 saturated heterocycles. The molecule has 2 aromatic heterocycles. The number of hydrogen-bond acceptors (Lipinski definition) is 6. The highest BCUT2D eigenvalue weighted by molar-refractivity contribution is 7.93. The number of pyridine rings is 1. The first-order chi connectivity index (χ1) is 12.2. The highest BCUT2D eigenvalue weighted by Gasteiger charge is 2.22. The molecule has 9 nitrogen and oxygen atoms in total. The van der Waals surface area contributed by atoms with Crippen molar-refractivity contribution >= 4 is 36.8 Å². The Morgan fingerprint density at radius 3 is 2.46 bits per heavy atom. The van der Waals surface area contributed by atoms with Gasteiger partial charge in [-0.1, -0.05) is 12.1 Å². The smallest absolute Gasteiger partial charge is 0.263 e. The molecule has 0 aliphatic rings. The van der Waals surface area contributed by atoms with Gasteiger partial charge in [-0.2, -0.15) is 5.10 Å². The van der Waals surface area contributed by atoms with E-state index in [0.717, 1.165) is 0 Å². The molecular formula is C15H17N5O4S2. The minimum Gasteiger partial charge on any atom is -0.278 e. The average molecular weight is 395 g/mol. The lowest BCUT2D eigenvalue weighted by Gasteiger charge is -2.12. The summed E-state index contributed by atoms with van der Waals surface area (Å²) in [5, 5.41) is 4.81. The van der Waals surface area contributed by atoms with Crippen molar-refractivity contribution in [2.24, 2.45) is 7.05 Å². The first kappa shape index (κ1) is 18.3. The molecule has 0 bridgehead atoms. The number of hydrogen-bond donors (Lipinski definition) is 2. The molecule has 0 amide bonds. The van der Waals surface area contributed by atoms with Crippen molar-refractivity contribution in [3.63, 3.8) is 0 Å². The fraction of sp³-hybridized carbons (Fsp3) is 0.200. The van der Waals surface area contributed by atoms with Crippen molar-refractivity contribution in [2.45, 2.75) is 16.7 Å². The zero-order valence-corrected chi connectivity index (χ0v) is 15.9. The Morgan fingerprint density at radius 2 is 1.77 bits per heavy atom. The van der Waals surface area contributed by atoms with E-state index < -0.39 is 20.0 Å². The second-order valence-electron chi connectivity index (χ2n) is 5.56. The standard InChI is InChI=1S/C15H17N5O4S2/c1-10-12-8-11(9-17-15(12)20(3)18-10)25(21,22)19-13-6-4-5-7-14(13)26(23,24)16-2/h4-9,16,19H,1-3H3. The third-order valence-corrected chi connectivity index (χ3v) is 6.64. The van der Waals surface area contributed by atoms with Gasteiger partial charge in [0.2, 0.25) is 10.0 Å². The van der Waals surface area contributed by atoms with Crippen LogP contribution >= 0.6 is 0 Å². The van der Waals surface area contributed by atoms with Gasteiger partial charge in [0.15, 0.2) is 5.65 Å². The van der Waals surface area contributed by atoms with Gasteiger partial charge in [0.25, 0.3) is 10.0 Å². The molecule has 3 aromatic rings.